The summed E-state index contributed by atoms with van der Waals surface area (Å²) in [5.41, 5.74) is 3.26. The smallest absolute Gasteiger partial charge is 0.423 e. The molecule has 196 valence electrons. The van der Waals surface area contributed by atoms with E-state index in [1.807, 2.05) is 13.0 Å². The molecule has 1 aliphatic carbocycles. The minimum absolute atomic E-state index is 0.0833. The number of likely N-dealkylation sites (tertiary alicyclic amines) is 1. The first-order chi connectivity index (χ1) is 17.2. The van der Waals surface area contributed by atoms with Crippen LogP contribution in [0.2, 0.25) is 5.02 Å². The summed E-state index contributed by atoms with van der Waals surface area (Å²) in [6.45, 7) is 3.54. The Kier molecular flexibility index (Phi) is 9.33. The van der Waals surface area contributed by atoms with E-state index in [0.29, 0.717) is 34.8 Å². The quantitative estimate of drug-likeness (QED) is 0.325. The van der Waals surface area contributed by atoms with Crippen LogP contribution >= 0.6 is 11.6 Å². The average Bonchev–Trinajstić information content (AvgIpc) is 3.11. The zero-order chi connectivity index (χ0) is 26.6. The van der Waals surface area contributed by atoms with Crippen molar-refractivity contribution in [3.63, 3.8) is 0 Å². The maximum absolute atomic E-state index is 13.0. The van der Waals surface area contributed by atoms with E-state index in [0.717, 1.165) is 36.7 Å². The average molecular weight is 520 g/mol. The molecule has 1 aromatic rings. The van der Waals surface area contributed by atoms with Gasteiger partial charge in [-0.1, -0.05) is 49.1 Å². The standard InChI is InChI=1S/C27H34ClNO7/c1-4-6-15(11-17-8-9-18(31)13-21(17)28)7-10-22(32)23-16(5-2)12-19-24(20(23)14-30)26(34)29(25(19)33)27(35)36-3/h8-9,11,13,19-20,22,24,30-32H,4-7,10,12,14H2,1-3H3/b15-11+/t19-,20+,22-,24-/m1/s1. The molecule has 3 amide bonds. The number of benzene rings is 1. The first-order valence-corrected chi connectivity index (χ1v) is 12.7. The molecule has 0 saturated carbocycles. The summed E-state index contributed by atoms with van der Waals surface area (Å²) in [6, 6.07) is 4.78. The molecule has 9 heteroatoms. The van der Waals surface area contributed by atoms with Gasteiger partial charge < -0.3 is 20.1 Å². The lowest BCUT2D eigenvalue weighted by molar-refractivity contribution is -0.137. The predicted molar refractivity (Wildman–Crippen MR) is 135 cm³/mol. The number of carbonyl (C=O) groups is 3. The zero-order valence-corrected chi connectivity index (χ0v) is 21.6. The molecule has 0 bridgehead atoms. The van der Waals surface area contributed by atoms with Crippen LogP contribution in [-0.2, 0) is 14.3 Å². The fourth-order valence-corrected chi connectivity index (χ4v) is 5.72. The number of aromatic hydroxyl groups is 1. The number of allylic oxidation sites excluding steroid dienone is 2. The number of phenolic OH excluding ortho intramolecular Hbond substituents is 1. The Morgan fingerprint density at radius 1 is 1.25 bits per heavy atom. The van der Waals surface area contributed by atoms with Gasteiger partial charge in [0, 0.05) is 5.92 Å². The van der Waals surface area contributed by atoms with Crippen LogP contribution in [0.5, 0.6) is 5.75 Å². The second-order valence-electron chi connectivity index (χ2n) is 9.33. The second kappa shape index (κ2) is 12.0. The Hall–Kier alpha value is -2.68. The number of halogens is 1. The van der Waals surface area contributed by atoms with Crippen molar-refractivity contribution < 1.29 is 34.4 Å². The molecule has 0 radical (unpaired) electrons. The summed E-state index contributed by atoms with van der Waals surface area (Å²) in [5, 5.41) is 31.6. The van der Waals surface area contributed by atoms with Crippen molar-refractivity contribution >= 4 is 35.6 Å². The Labute approximate surface area is 216 Å². The van der Waals surface area contributed by atoms with Crippen LogP contribution in [0.3, 0.4) is 0 Å². The molecular weight excluding hydrogens is 486 g/mol. The molecule has 8 nitrogen and oxygen atoms in total. The van der Waals surface area contributed by atoms with Gasteiger partial charge in [-0.25, -0.2) is 4.79 Å². The molecule has 1 fully saturated rings. The number of aliphatic hydroxyl groups is 2. The molecule has 4 atom stereocenters. The third-order valence-corrected chi connectivity index (χ3v) is 7.50. The molecule has 36 heavy (non-hydrogen) atoms. The summed E-state index contributed by atoms with van der Waals surface area (Å²) in [5.74, 6) is -3.65. The van der Waals surface area contributed by atoms with Gasteiger partial charge in [-0.3, -0.25) is 9.59 Å². The lowest BCUT2D eigenvalue weighted by Crippen LogP contribution is -2.40. The fraction of sp³-hybridized carbons (Fsp3) is 0.519. The van der Waals surface area contributed by atoms with Gasteiger partial charge in [-0.15, -0.1) is 0 Å². The molecule has 0 unspecified atom stereocenters. The number of amides is 3. The lowest BCUT2D eigenvalue weighted by Gasteiger charge is -2.36. The normalized spacial score (nSPS) is 23.2. The largest absolute Gasteiger partial charge is 0.508 e. The Morgan fingerprint density at radius 2 is 1.97 bits per heavy atom. The predicted octanol–water partition coefficient (Wildman–Crippen LogP) is 4.46. The Balaban J connectivity index is 1.86. The molecule has 1 heterocycles. The number of rotatable bonds is 9. The topological polar surface area (TPSA) is 124 Å². The molecular formula is C27H34ClNO7. The number of ether oxygens (including phenoxy) is 1. The third-order valence-electron chi connectivity index (χ3n) is 7.18. The molecule has 3 rings (SSSR count). The van der Waals surface area contributed by atoms with Gasteiger partial charge in [0.15, 0.2) is 0 Å². The van der Waals surface area contributed by atoms with E-state index in [1.54, 1.807) is 12.1 Å². The summed E-state index contributed by atoms with van der Waals surface area (Å²) < 4.78 is 4.62. The number of hydrogen-bond donors (Lipinski definition) is 3. The third kappa shape index (κ3) is 5.51. The van der Waals surface area contributed by atoms with E-state index < -0.39 is 48.4 Å². The van der Waals surface area contributed by atoms with Crippen LogP contribution in [0.15, 0.2) is 34.9 Å². The lowest BCUT2D eigenvalue weighted by atomic mass is 9.67. The van der Waals surface area contributed by atoms with Crippen LogP contribution in [0.1, 0.15) is 57.9 Å². The van der Waals surface area contributed by atoms with Crippen molar-refractivity contribution in [1.82, 2.24) is 4.90 Å². The fourth-order valence-electron chi connectivity index (χ4n) is 5.49. The van der Waals surface area contributed by atoms with E-state index in [4.69, 9.17) is 11.6 Å². The highest BCUT2D eigenvalue weighted by molar-refractivity contribution is 6.32. The number of phenols is 1. The minimum atomic E-state index is -1.03. The number of methoxy groups -OCH3 is 1. The van der Waals surface area contributed by atoms with Gasteiger partial charge >= 0.3 is 6.09 Å². The Bertz CT molecular complexity index is 1080. The van der Waals surface area contributed by atoms with Crippen molar-refractivity contribution in [3.05, 3.63) is 45.5 Å². The van der Waals surface area contributed by atoms with E-state index in [9.17, 15) is 29.7 Å². The van der Waals surface area contributed by atoms with Crippen molar-refractivity contribution in [2.75, 3.05) is 13.7 Å². The number of nitrogens with zero attached hydrogens (tertiary/aromatic N) is 1. The second-order valence-corrected chi connectivity index (χ2v) is 9.74. The number of hydrogen-bond acceptors (Lipinski definition) is 7. The van der Waals surface area contributed by atoms with Crippen molar-refractivity contribution in [1.29, 1.82) is 0 Å². The van der Waals surface area contributed by atoms with E-state index >= 15 is 0 Å². The first-order valence-electron chi connectivity index (χ1n) is 12.3. The minimum Gasteiger partial charge on any atom is -0.508 e. The van der Waals surface area contributed by atoms with Crippen LogP contribution in [-0.4, -0.2) is 57.9 Å². The van der Waals surface area contributed by atoms with Crippen LogP contribution in [0.25, 0.3) is 6.08 Å². The molecule has 1 aromatic carbocycles. The zero-order valence-electron chi connectivity index (χ0n) is 20.9. The van der Waals surface area contributed by atoms with Crippen molar-refractivity contribution in [2.24, 2.45) is 17.8 Å². The monoisotopic (exact) mass is 519 g/mol. The number of fused-ring (bicyclic) bond motifs is 1. The number of imide groups is 3. The van der Waals surface area contributed by atoms with Crippen molar-refractivity contribution in [3.8, 4) is 5.75 Å². The SMILES string of the molecule is CCC/C(=C\c1ccc(O)cc1Cl)CC[C@@H](O)C1=C(CC)C[C@H]2C(=O)N(C(=O)OC)C(=O)[C@H]2[C@H]1CO. The molecule has 3 N–H and O–H groups in total. The van der Waals surface area contributed by atoms with E-state index in [-0.39, 0.29) is 12.2 Å². The number of carbonyl (C=O) groups excluding carboxylic acids is 3. The summed E-state index contributed by atoms with van der Waals surface area (Å²) in [6.07, 6.45) is 3.40. The maximum Gasteiger partial charge on any atom is 0.423 e. The van der Waals surface area contributed by atoms with E-state index in [2.05, 4.69) is 11.7 Å². The molecule has 0 spiro atoms. The van der Waals surface area contributed by atoms with Gasteiger partial charge in [0.1, 0.15) is 5.75 Å². The van der Waals surface area contributed by atoms with Crippen molar-refractivity contribution in [2.45, 2.75) is 58.5 Å². The summed E-state index contributed by atoms with van der Waals surface area (Å²) in [4.78, 5) is 38.5. The van der Waals surface area contributed by atoms with Crippen LogP contribution < -0.4 is 0 Å². The molecule has 1 aliphatic heterocycles. The van der Waals surface area contributed by atoms with E-state index in [1.165, 1.54) is 6.07 Å². The first kappa shape index (κ1) is 27.9. The molecule has 1 saturated heterocycles. The molecule has 0 aromatic heterocycles. The summed E-state index contributed by atoms with van der Waals surface area (Å²) in [7, 11) is 1.10. The summed E-state index contributed by atoms with van der Waals surface area (Å²) >= 11 is 6.27. The number of aliphatic hydroxyl groups excluding tert-OH is 2. The highest BCUT2D eigenvalue weighted by atomic mass is 35.5. The van der Waals surface area contributed by atoms with Gasteiger partial charge in [-0.2, -0.15) is 4.90 Å². The Morgan fingerprint density at radius 3 is 2.56 bits per heavy atom. The van der Waals surface area contributed by atoms with Crippen LogP contribution in [0, 0.1) is 17.8 Å². The van der Waals surface area contributed by atoms with Gasteiger partial charge in [0.25, 0.3) is 0 Å². The van der Waals surface area contributed by atoms with Crippen LogP contribution in [0.4, 0.5) is 4.79 Å². The molecule has 2 aliphatic rings. The van der Waals surface area contributed by atoms with Gasteiger partial charge in [0.05, 0.1) is 36.7 Å². The van der Waals surface area contributed by atoms with Gasteiger partial charge in [0.2, 0.25) is 11.8 Å². The highest BCUT2D eigenvalue weighted by Crippen LogP contribution is 2.47. The van der Waals surface area contributed by atoms with Gasteiger partial charge in [-0.05, 0) is 61.4 Å². The highest BCUT2D eigenvalue weighted by Gasteiger charge is 2.56. The maximum atomic E-state index is 13.0.